The lowest BCUT2D eigenvalue weighted by Crippen LogP contribution is -2.34. The molecule has 0 bridgehead atoms. The molecular formula is C16H21N3O2. The Hall–Kier alpha value is -2.30. The molecule has 21 heavy (non-hydrogen) atoms. The van der Waals surface area contributed by atoms with Crippen molar-refractivity contribution in [1.82, 2.24) is 9.88 Å². The summed E-state index contributed by atoms with van der Waals surface area (Å²) in [4.78, 5) is 24.8. The van der Waals surface area contributed by atoms with Gasteiger partial charge in [-0.2, -0.15) is 0 Å². The highest BCUT2D eigenvalue weighted by Gasteiger charge is 2.18. The van der Waals surface area contributed by atoms with E-state index in [1.807, 2.05) is 44.4 Å². The fourth-order valence-electron chi connectivity index (χ4n) is 2.35. The van der Waals surface area contributed by atoms with Gasteiger partial charge in [-0.3, -0.25) is 9.59 Å². The molecule has 0 aliphatic carbocycles. The number of hydrogen-bond donors (Lipinski definition) is 2. The van der Waals surface area contributed by atoms with Gasteiger partial charge in [0.1, 0.15) is 5.56 Å². The number of carbonyl (C=O) groups is 1. The molecule has 0 fully saturated rings. The van der Waals surface area contributed by atoms with E-state index in [0.717, 1.165) is 5.52 Å². The van der Waals surface area contributed by atoms with Gasteiger partial charge in [-0.05, 0) is 39.8 Å². The summed E-state index contributed by atoms with van der Waals surface area (Å²) in [6, 6.07) is 5.41. The number of aromatic nitrogens is 1. The molecule has 1 aromatic heterocycles. The molecule has 1 heterocycles. The van der Waals surface area contributed by atoms with Gasteiger partial charge in [0.2, 0.25) is 5.43 Å². The molecule has 2 rings (SSSR count). The second kappa shape index (κ2) is 5.60. The SMILES string of the molecule is CC(C)NC(=O)c1cn(C(C)C)c2cccc(N)c2c1=O. The smallest absolute Gasteiger partial charge is 0.256 e. The zero-order valence-electron chi connectivity index (χ0n) is 12.8. The van der Waals surface area contributed by atoms with Crippen LogP contribution in [0, 0.1) is 0 Å². The third kappa shape index (κ3) is 2.77. The van der Waals surface area contributed by atoms with Gasteiger partial charge in [0.15, 0.2) is 0 Å². The monoisotopic (exact) mass is 287 g/mol. The number of carbonyl (C=O) groups excluding carboxylic acids is 1. The minimum absolute atomic E-state index is 0.0341. The molecule has 0 unspecified atom stereocenters. The van der Waals surface area contributed by atoms with Crippen LogP contribution >= 0.6 is 0 Å². The summed E-state index contributed by atoms with van der Waals surface area (Å²) in [7, 11) is 0. The minimum Gasteiger partial charge on any atom is -0.398 e. The highest BCUT2D eigenvalue weighted by molar-refractivity contribution is 6.00. The molecular weight excluding hydrogens is 266 g/mol. The maximum absolute atomic E-state index is 12.6. The van der Waals surface area contributed by atoms with Gasteiger partial charge in [0.05, 0.1) is 10.9 Å². The number of nitrogens with zero attached hydrogens (tertiary/aromatic N) is 1. The standard InChI is InChI=1S/C16H21N3O2/c1-9(2)18-16(21)11-8-19(10(3)4)13-7-5-6-12(17)14(13)15(11)20/h5-10H,17H2,1-4H3,(H,18,21). The first kappa shape index (κ1) is 15.1. The number of benzene rings is 1. The molecule has 0 spiro atoms. The van der Waals surface area contributed by atoms with Gasteiger partial charge < -0.3 is 15.6 Å². The molecule has 0 saturated carbocycles. The average molecular weight is 287 g/mol. The number of hydrogen-bond acceptors (Lipinski definition) is 3. The van der Waals surface area contributed by atoms with E-state index in [1.165, 1.54) is 0 Å². The largest absolute Gasteiger partial charge is 0.398 e. The lowest BCUT2D eigenvalue weighted by molar-refractivity contribution is 0.0941. The van der Waals surface area contributed by atoms with E-state index in [1.54, 1.807) is 12.3 Å². The number of nitrogens with two attached hydrogens (primary N) is 1. The van der Waals surface area contributed by atoms with Crippen molar-refractivity contribution in [3.8, 4) is 0 Å². The number of nitrogen functional groups attached to an aromatic ring is 1. The van der Waals surface area contributed by atoms with Crippen molar-refractivity contribution in [2.75, 3.05) is 5.73 Å². The summed E-state index contributed by atoms with van der Waals surface area (Å²) in [6.07, 6.45) is 1.62. The summed E-state index contributed by atoms with van der Waals surface area (Å²) in [5, 5.41) is 3.16. The maximum Gasteiger partial charge on any atom is 0.256 e. The first-order valence-corrected chi connectivity index (χ1v) is 7.07. The summed E-state index contributed by atoms with van der Waals surface area (Å²) in [6.45, 7) is 7.71. The molecule has 0 radical (unpaired) electrons. The Morgan fingerprint density at radius 1 is 1.24 bits per heavy atom. The van der Waals surface area contributed by atoms with Crippen LogP contribution in [0.2, 0.25) is 0 Å². The third-order valence-corrected chi connectivity index (χ3v) is 3.31. The van der Waals surface area contributed by atoms with Crippen molar-refractivity contribution in [2.45, 2.75) is 39.8 Å². The number of amides is 1. The molecule has 5 nitrogen and oxygen atoms in total. The Morgan fingerprint density at radius 2 is 1.90 bits per heavy atom. The fraction of sp³-hybridized carbons (Fsp3) is 0.375. The van der Waals surface area contributed by atoms with Crippen LogP contribution in [0.25, 0.3) is 10.9 Å². The Labute approximate surface area is 123 Å². The average Bonchev–Trinajstić information content (AvgIpc) is 2.37. The van der Waals surface area contributed by atoms with Crippen molar-refractivity contribution in [3.05, 3.63) is 40.2 Å². The molecule has 0 aliphatic heterocycles. The predicted molar refractivity (Wildman–Crippen MR) is 85.6 cm³/mol. The van der Waals surface area contributed by atoms with E-state index in [4.69, 9.17) is 5.73 Å². The lowest BCUT2D eigenvalue weighted by atomic mass is 10.1. The predicted octanol–water partition coefficient (Wildman–Crippen LogP) is 2.30. The van der Waals surface area contributed by atoms with Gasteiger partial charge in [-0.25, -0.2) is 0 Å². The Morgan fingerprint density at radius 3 is 2.48 bits per heavy atom. The highest BCUT2D eigenvalue weighted by Crippen LogP contribution is 2.21. The molecule has 5 heteroatoms. The Balaban J connectivity index is 2.79. The van der Waals surface area contributed by atoms with E-state index in [-0.39, 0.29) is 29.0 Å². The third-order valence-electron chi connectivity index (χ3n) is 3.31. The van der Waals surface area contributed by atoms with E-state index < -0.39 is 0 Å². The van der Waals surface area contributed by atoms with E-state index in [2.05, 4.69) is 5.32 Å². The number of fused-ring (bicyclic) bond motifs is 1. The van der Waals surface area contributed by atoms with Crippen molar-refractivity contribution in [2.24, 2.45) is 0 Å². The topological polar surface area (TPSA) is 77.1 Å². The quantitative estimate of drug-likeness (QED) is 0.850. The van der Waals surface area contributed by atoms with Crippen LogP contribution in [0.5, 0.6) is 0 Å². The van der Waals surface area contributed by atoms with Crippen molar-refractivity contribution in [1.29, 1.82) is 0 Å². The van der Waals surface area contributed by atoms with Crippen LogP contribution in [-0.2, 0) is 0 Å². The number of pyridine rings is 1. The van der Waals surface area contributed by atoms with Gasteiger partial charge in [-0.15, -0.1) is 0 Å². The number of rotatable bonds is 3. The molecule has 112 valence electrons. The second-order valence-electron chi connectivity index (χ2n) is 5.74. The summed E-state index contributed by atoms with van der Waals surface area (Å²) in [5.74, 6) is -0.366. The molecule has 1 aromatic carbocycles. The van der Waals surface area contributed by atoms with Crippen LogP contribution < -0.4 is 16.5 Å². The zero-order valence-corrected chi connectivity index (χ0v) is 12.8. The highest BCUT2D eigenvalue weighted by atomic mass is 16.2. The molecule has 0 aliphatic rings. The van der Waals surface area contributed by atoms with Gasteiger partial charge in [0, 0.05) is 24.0 Å². The first-order valence-electron chi connectivity index (χ1n) is 7.07. The molecule has 1 amide bonds. The maximum atomic E-state index is 12.6. The Kier molecular flexibility index (Phi) is 4.02. The van der Waals surface area contributed by atoms with E-state index in [9.17, 15) is 9.59 Å². The van der Waals surface area contributed by atoms with Gasteiger partial charge >= 0.3 is 0 Å². The van der Waals surface area contributed by atoms with E-state index >= 15 is 0 Å². The van der Waals surface area contributed by atoms with Gasteiger partial charge in [-0.1, -0.05) is 6.07 Å². The Bertz CT molecular complexity index is 745. The second-order valence-corrected chi connectivity index (χ2v) is 5.74. The van der Waals surface area contributed by atoms with Crippen LogP contribution in [0.3, 0.4) is 0 Å². The van der Waals surface area contributed by atoms with Gasteiger partial charge in [0.25, 0.3) is 5.91 Å². The zero-order chi connectivity index (χ0) is 15.7. The van der Waals surface area contributed by atoms with Crippen LogP contribution in [0.4, 0.5) is 5.69 Å². The van der Waals surface area contributed by atoms with Crippen LogP contribution in [0.1, 0.15) is 44.1 Å². The molecule has 0 atom stereocenters. The first-order chi connectivity index (χ1) is 9.82. The fourth-order valence-corrected chi connectivity index (χ4v) is 2.35. The molecule has 0 saturated heterocycles. The van der Waals surface area contributed by atoms with E-state index in [0.29, 0.717) is 11.1 Å². The normalized spacial score (nSPS) is 11.3. The summed E-state index contributed by atoms with van der Waals surface area (Å²) < 4.78 is 1.91. The van der Waals surface area contributed by atoms with Crippen molar-refractivity contribution < 1.29 is 4.79 Å². The van der Waals surface area contributed by atoms with Crippen LogP contribution in [-0.4, -0.2) is 16.5 Å². The minimum atomic E-state index is -0.366. The molecule has 3 N–H and O–H groups in total. The number of nitrogens with one attached hydrogen (secondary N) is 1. The lowest BCUT2D eigenvalue weighted by Gasteiger charge is -2.18. The summed E-state index contributed by atoms with van der Waals surface area (Å²) >= 11 is 0. The van der Waals surface area contributed by atoms with Crippen molar-refractivity contribution in [3.63, 3.8) is 0 Å². The van der Waals surface area contributed by atoms with Crippen LogP contribution in [0.15, 0.2) is 29.2 Å². The molecule has 2 aromatic rings. The van der Waals surface area contributed by atoms with Crippen molar-refractivity contribution >= 4 is 22.5 Å². The summed E-state index contributed by atoms with van der Waals surface area (Å²) in [5.41, 5.74) is 6.90. The number of anilines is 1.